The molecule has 0 aromatic heterocycles. The molecule has 0 aliphatic carbocycles. The fourth-order valence-corrected chi connectivity index (χ4v) is 2.71. The number of nitrogens with one attached hydrogen (secondary N) is 1. The molecule has 0 saturated carbocycles. The highest BCUT2D eigenvalue weighted by molar-refractivity contribution is 9.10. The average Bonchev–Trinajstić information content (AvgIpc) is 2.48. The van der Waals surface area contributed by atoms with Gasteiger partial charge >= 0.3 is 0 Å². The molecule has 5 nitrogen and oxygen atoms in total. The van der Waals surface area contributed by atoms with Crippen molar-refractivity contribution in [3.63, 3.8) is 0 Å². The van der Waals surface area contributed by atoms with E-state index < -0.39 is 0 Å². The zero-order valence-corrected chi connectivity index (χ0v) is 13.7. The maximum Gasteiger partial charge on any atom is 0.225 e. The van der Waals surface area contributed by atoms with Crippen LogP contribution in [0, 0.1) is 0 Å². The summed E-state index contributed by atoms with van der Waals surface area (Å²) in [6, 6.07) is 7.57. The van der Waals surface area contributed by atoms with Crippen LogP contribution in [0.2, 0.25) is 0 Å². The first-order valence-corrected chi connectivity index (χ1v) is 7.88. The Morgan fingerprint density at radius 2 is 1.86 bits per heavy atom. The molecule has 0 bridgehead atoms. The molecule has 1 aliphatic heterocycles. The van der Waals surface area contributed by atoms with Crippen molar-refractivity contribution in [2.45, 2.75) is 13.3 Å². The minimum atomic E-state index is 0.0101. The fraction of sp³-hybridized carbons (Fsp3) is 0.467. The second-order valence-corrected chi connectivity index (χ2v) is 5.98. The number of piperazine rings is 1. The highest BCUT2D eigenvalue weighted by atomic mass is 79.9. The zero-order valence-electron chi connectivity index (χ0n) is 12.1. The molecular formula is C15H20BrN3O2. The van der Waals surface area contributed by atoms with Crippen LogP contribution < -0.4 is 5.32 Å². The van der Waals surface area contributed by atoms with E-state index in [4.69, 9.17) is 0 Å². The Balaban J connectivity index is 1.73. The molecule has 1 saturated heterocycles. The number of anilines is 1. The fourth-order valence-electron chi connectivity index (χ4n) is 2.32. The van der Waals surface area contributed by atoms with Gasteiger partial charge in [-0.15, -0.1) is 0 Å². The summed E-state index contributed by atoms with van der Waals surface area (Å²) in [5.41, 5.74) is 0.795. The Labute approximate surface area is 133 Å². The number of hydrogen-bond donors (Lipinski definition) is 1. The molecule has 6 heteroatoms. The first-order chi connectivity index (χ1) is 10.1. The first-order valence-electron chi connectivity index (χ1n) is 7.08. The minimum Gasteiger partial charge on any atom is -0.340 e. The van der Waals surface area contributed by atoms with Crippen LogP contribution in [0.5, 0.6) is 0 Å². The van der Waals surface area contributed by atoms with Crippen molar-refractivity contribution >= 4 is 33.4 Å². The number of amides is 2. The quantitative estimate of drug-likeness (QED) is 0.899. The highest BCUT2D eigenvalue weighted by Crippen LogP contribution is 2.21. The molecule has 0 spiro atoms. The summed E-state index contributed by atoms with van der Waals surface area (Å²) in [7, 11) is 0. The Morgan fingerprint density at radius 1 is 1.19 bits per heavy atom. The normalized spacial score (nSPS) is 15.8. The summed E-state index contributed by atoms with van der Waals surface area (Å²) in [5, 5.41) is 2.90. The van der Waals surface area contributed by atoms with Crippen LogP contribution >= 0.6 is 15.9 Å². The van der Waals surface area contributed by atoms with Gasteiger partial charge in [0.1, 0.15) is 0 Å². The Hall–Kier alpha value is -1.40. The van der Waals surface area contributed by atoms with E-state index in [1.807, 2.05) is 29.2 Å². The lowest BCUT2D eigenvalue weighted by Gasteiger charge is -2.34. The van der Waals surface area contributed by atoms with Gasteiger partial charge in [0.25, 0.3) is 0 Å². The third-order valence-electron chi connectivity index (χ3n) is 3.62. The Morgan fingerprint density at radius 3 is 2.48 bits per heavy atom. The summed E-state index contributed by atoms with van der Waals surface area (Å²) in [6.45, 7) is 5.50. The first kappa shape index (κ1) is 16.0. The maximum absolute atomic E-state index is 12.0. The van der Waals surface area contributed by atoms with E-state index in [9.17, 15) is 9.59 Å². The second kappa shape index (κ2) is 7.56. The van der Waals surface area contributed by atoms with E-state index in [0.29, 0.717) is 6.42 Å². The van der Waals surface area contributed by atoms with E-state index in [0.717, 1.165) is 42.9 Å². The SMILES string of the molecule is CC(=O)N1CCN(CCC(=O)Nc2ccccc2Br)CC1. The smallest absolute Gasteiger partial charge is 0.225 e. The topological polar surface area (TPSA) is 52.7 Å². The van der Waals surface area contributed by atoms with E-state index >= 15 is 0 Å². The van der Waals surface area contributed by atoms with Gasteiger partial charge in [-0.1, -0.05) is 12.1 Å². The van der Waals surface area contributed by atoms with Crippen LogP contribution in [0.25, 0.3) is 0 Å². The maximum atomic E-state index is 12.0. The zero-order chi connectivity index (χ0) is 15.2. The van der Waals surface area contributed by atoms with Crippen molar-refractivity contribution in [2.24, 2.45) is 0 Å². The van der Waals surface area contributed by atoms with Gasteiger partial charge in [0.05, 0.1) is 5.69 Å². The van der Waals surface area contributed by atoms with Crippen LogP contribution in [0.1, 0.15) is 13.3 Å². The van der Waals surface area contributed by atoms with E-state index in [1.54, 1.807) is 6.92 Å². The predicted octanol–water partition coefficient (Wildman–Crippen LogP) is 1.94. The lowest BCUT2D eigenvalue weighted by Crippen LogP contribution is -2.48. The molecule has 114 valence electrons. The molecule has 1 aromatic carbocycles. The van der Waals surface area contributed by atoms with E-state index in [-0.39, 0.29) is 11.8 Å². The predicted molar refractivity (Wildman–Crippen MR) is 86.1 cm³/mol. The van der Waals surface area contributed by atoms with Crippen LogP contribution in [-0.2, 0) is 9.59 Å². The van der Waals surface area contributed by atoms with Gasteiger partial charge in [0.2, 0.25) is 11.8 Å². The molecule has 2 rings (SSSR count). The van der Waals surface area contributed by atoms with E-state index in [2.05, 4.69) is 26.1 Å². The van der Waals surface area contributed by atoms with Crippen molar-refractivity contribution in [2.75, 3.05) is 38.0 Å². The Kier molecular flexibility index (Phi) is 5.76. The van der Waals surface area contributed by atoms with Gasteiger partial charge in [-0.3, -0.25) is 14.5 Å². The minimum absolute atomic E-state index is 0.0101. The molecule has 1 fully saturated rings. The second-order valence-electron chi connectivity index (χ2n) is 5.13. The third-order valence-corrected chi connectivity index (χ3v) is 4.31. The van der Waals surface area contributed by atoms with Crippen molar-refractivity contribution in [3.05, 3.63) is 28.7 Å². The lowest BCUT2D eigenvalue weighted by molar-refractivity contribution is -0.130. The number of halogens is 1. The number of hydrogen-bond acceptors (Lipinski definition) is 3. The molecule has 0 atom stereocenters. The molecule has 1 aliphatic rings. The lowest BCUT2D eigenvalue weighted by atomic mass is 10.2. The van der Waals surface area contributed by atoms with Crippen LogP contribution in [0.15, 0.2) is 28.7 Å². The molecule has 2 amide bonds. The van der Waals surface area contributed by atoms with E-state index in [1.165, 1.54) is 0 Å². The van der Waals surface area contributed by atoms with Gasteiger partial charge in [0, 0.05) is 50.5 Å². The summed E-state index contributed by atoms with van der Waals surface area (Å²) in [4.78, 5) is 27.3. The number of rotatable bonds is 4. The number of benzene rings is 1. The third kappa shape index (κ3) is 4.82. The average molecular weight is 354 g/mol. The van der Waals surface area contributed by atoms with Gasteiger partial charge in [-0.25, -0.2) is 0 Å². The Bertz CT molecular complexity index is 513. The monoisotopic (exact) mass is 353 g/mol. The molecule has 1 heterocycles. The summed E-state index contributed by atoms with van der Waals surface area (Å²) in [5.74, 6) is 0.136. The molecule has 1 N–H and O–H groups in total. The van der Waals surface area contributed by atoms with Gasteiger partial charge in [-0.05, 0) is 28.1 Å². The number of carbonyl (C=O) groups is 2. The highest BCUT2D eigenvalue weighted by Gasteiger charge is 2.18. The summed E-state index contributed by atoms with van der Waals surface area (Å²) in [6.07, 6.45) is 0.460. The van der Waals surface area contributed by atoms with Crippen LogP contribution in [0.3, 0.4) is 0 Å². The van der Waals surface area contributed by atoms with Crippen molar-refractivity contribution in [3.8, 4) is 0 Å². The molecule has 0 unspecified atom stereocenters. The molecule has 0 radical (unpaired) electrons. The molecule has 1 aromatic rings. The van der Waals surface area contributed by atoms with Crippen LogP contribution in [0.4, 0.5) is 5.69 Å². The summed E-state index contributed by atoms with van der Waals surface area (Å²) < 4.78 is 0.883. The number of nitrogens with zero attached hydrogens (tertiary/aromatic N) is 2. The standard InChI is InChI=1S/C15H20BrN3O2/c1-12(20)19-10-8-18(9-11-19)7-6-15(21)17-14-5-3-2-4-13(14)16/h2-5H,6-11H2,1H3,(H,17,21). The van der Waals surface area contributed by atoms with Crippen molar-refractivity contribution in [1.82, 2.24) is 9.80 Å². The summed E-state index contributed by atoms with van der Waals surface area (Å²) >= 11 is 3.41. The van der Waals surface area contributed by atoms with Gasteiger partial charge in [-0.2, -0.15) is 0 Å². The number of carbonyl (C=O) groups excluding carboxylic acids is 2. The largest absolute Gasteiger partial charge is 0.340 e. The van der Waals surface area contributed by atoms with Crippen molar-refractivity contribution in [1.29, 1.82) is 0 Å². The van der Waals surface area contributed by atoms with Crippen LogP contribution in [-0.4, -0.2) is 54.3 Å². The van der Waals surface area contributed by atoms with Crippen molar-refractivity contribution < 1.29 is 9.59 Å². The molecule has 21 heavy (non-hydrogen) atoms. The van der Waals surface area contributed by atoms with Gasteiger partial charge < -0.3 is 10.2 Å². The van der Waals surface area contributed by atoms with Gasteiger partial charge in [0.15, 0.2) is 0 Å². The number of para-hydroxylation sites is 1. The molecular weight excluding hydrogens is 334 g/mol.